The standard InChI is InChI=1S/C32H32N2O8P2/c1-41-25-11-13-27(35)29(15-25)43-17-33(23-7-3-21(4-8-23)31(37)38)19-44(30-16-26(42-2)12-14-28(30)36)20-34(18-43)24-9-5-22(6-10-24)32(39)40/h3-16,35-36H,17-20H2,1-2H3,(H,37,38)(H,39,40). The minimum atomic E-state index is -1.11. The molecule has 0 aromatic heterocycles. The Bertz CT molecular complexity index is 1510. The molecular weight excluding hydrogens is 602 g/mol. The second kappa shape index (κ2) is 13.4. The highest BCUT2D eigenvalue weighted by atomic mass is 31.1. The topological polar surface area (TPSA) is 140 Å². The number of hydrogen-bond acceptors (Lipinski definition) is 8. The van der Waals surface area contributed by atoms with E-state index in [-0.39, 0.29) is 22.6 Å². The van der Waals surface area contributed by atoms with Gasteiger partial charge < -0.3 is 39.7 Å². The third kappa shape index (κ3) is 6.83. The number of aromatic hydroxyl groups is 2. The first-order valence-electron chi connectivity index (χ1n) is 13.6. The van der Waals surface area contributed by atoms with Crippen LogP contribution in [0.5, 0.6) is 23.0 Å². The van der Waals surface area contributed by atoms with Gasteiger partial charge in [-0.05, 0) is 101 Å². The molecule has 0 bridgehead atoms. The maximum absolute atomic E-state index is 11.6. The number of hydrogen-bond donors (Lipinski definition) is 4. The molecule has 10 nitrogen and oxygen atoms in total. The lowest BCUT2D eigenvalue weighted by Crippen LogP contribution is -2.38. The second-order valence-electron chi connectivity index (χ2n) is 10.1. The van der Waals surface area contributed by atoms with Crippen molar-refractivity contribution in [2.45, 2.75) is 0 Å². The number of anilines is 2. The molecule has 1 heterocycles. The van der Waals surface area contributed by atoms with E-state index >= 15 is 0 Å². The van der Waals surface area contributed by atoms with E-state index < -0.39 is 27.8 Å². The first-order valence-corrected chi connectivity index (χ1v) is 17.0. The number of carboxylic acids is 2. The van der Waals surface area contributed by atoms with E-state index in [1.54, 1.807) is 87.0 Å². The van der Waals surface area contributed by atoms with Gasteiger partial charge in [-0.1, -0.05) is 0 Å². The zero-order chi connectivity index (χ0) is 31.4. The summed E-state index contributed by atoms with van der Waals surface area (Å²) >= 11 is 0. The molecule has 1 saturated heterocycles. The van der Waals surface area contributed by atoms with Crippen molar-refractivity contribution in [1.82, 2.24) is 0 Å². The molecule has 0 saturated carbocycles. The number of aromatic carboxylic acids is 2. The molecule has 0 atom stereocenters. The van der Waals surface area contributed by atoms with E-state index in [2.05, 4.69) is 9.80 Å². The maximum atomic E-state index is 11.6. The lowest BCUT2D eigenvalue weighted by molar-refractivity contribution is 0.0686. The smallest absolute Gasteiger partial charge is 0.335 e. The summed E-state index contributed by atoms with van der Waals surface area (Å²) in [5, 5.41) is 42.5. The fourth-order valence-electron chi connectivity index (χ4n) is 5.03. The normalized spacial score (nSPS) is 17.0. The van der Waals surface area contributed by atoms with Crippen LogP contribution < -0.4 is 29.9 Å². The second-order valence-corrected chi connectivity index (χ2v) is 14.4. The number of benzene rings is 4. The molecule has 1 fully saturated rings. The van der Waals surface area contributed by atoms with E-state index in [9.17, 15) is 30.0 Å². The van der Waals surface area contributed by atoms with Gasteiger partial charge in [0.1, 0.15) is 23.0 Å². The Morgan fingerprint density at radius 1 is 0.591 bits per heavy atom. The van der Waals surface area contributed by atoms with Crippen LogP contribution in [0.4, 0.5) is 11.4 Å². The highest BCUT2D eigenvalue weighted by Gasteiger charge is 2.31. The Labute approximate surface area is 257 Å². The van der Waals surface area contributed by atoms with Crippen molar-refractivity contribution in [1.29, 1.82) is 0 Å². The predicted octanol–water partition coefficient (Wildman–Crippen LogP) is 5.28. The van der Waals surface area contributed by atoms with Crippen LogP contribution >= 0.6 is 15.8 Å². The molecule has 1 aliphatic rings. The lowest BCUT2D eigenvalue weighted by atomic mass is 10.2. The Morgan fingerprint density at radius 3 is 1.23 bits per heavy atom. The van der Waals surface area contributed by atoms with Gasteiger partial charge in [-0.25, -0.2) is 9.59 Å². The van der Waals surface area contributed by atoms with Crippen LogP contribution in [-0.2, 0) is 0 Å². The van der Waals surface area contributed by atoms with Crippen molar-refractivity contribution in [2.75, 3.05) is 49.2 Å². The van der Waals surface area contributed by atoms with Crippen LogP contribution in [0.2, 0.25) is 0 Å². The average molecular weight is 635 g/mol. The van der Waals surface area contributed by atoms with Gasteiger partial charge in [-0.2, -0.15) is 0 Å². The molecule has 44 heavy (non-hydrogen) atoms. The van der Waals surface area contributed by atoms with E-state index in [1.165, 1.54) is 0 Å². The molecule has 4 aromatic rings. The number of methoxy groups -OCH3 is 2. The highest BCUT2D eigenvalue weighted by molar-refractivity contribution is 7.68. The SMILES string of the molecule is COc1ccc(O)c(P2CN(c3ccc(C(=O)O)cc3)CP(c3cc(OC)ccc3O)CN(c3ccc(C(=O)O)cc3)C2)c1. The zero-order valence-electron chi connectivity index (χ0n) is 24.1. The summed E-state index contributed by atoms with van der Waals surface area (Å²) in [6.45, 7) is 0. The minimum absolute atomic E-state index is 0.146. The molecule has 0 amide bonds. The van der Waals surface area contributed by atoms with Gasteiger partial charge in [0.2, 0.25) is 0 Å². The number of phenolic OH excluding ortho intramolecular Hbond substituents is 2. The number of carbonyl (C=O) groups is 2. The first kappa shape index (κ1) is 30.9. The largest absolute Gasteiger partial charge is 0.507 e. The van der Waals surface area contributed by atoms with E-state index in [0.717, 1.165) is 22.0 Å². The number of nitrogens with zero attached hydrogens (tertiary/aromatic N) is 2. The van der Waals surface area contributed by atoms with Gasteiger partial charge in [0.15, 0.2) is 0 Å². The molecule has 228 valence electrons. The lowest BCUT2D eigenvalue weighted by Gasteiger charge is -2.41. The Balaban J connectivity index is 1.63. The molecule has 5 rings (SSSR count). The van der Waals surface area contributed by atoms with Gasteiger partial charge in [0, 0.05) is 47.1 Å². The van der Waals surface area contributed by atoms with Crippen LogP contribution in [0.25, 0.3) is 0 Å². The molecule has 0 radical (unpaired) electrons. The number of phenols is 2. The summed E-state index contributed by atoms with van der Waals surface area (Å²) < 4.78 is 11.0. The Hall–Kier alpha value is -4.52. The van der Waals surface area contributed by atoms with E-state index in [1.807, 2.05) is 12.1 Å². The molecule has 0 unspecified atom stereocenters. The molecule has 12 heteroatoms. The van der Waals surface area contributed by atoms with Gasteiger partial charge in [-0.3, -0.25) is 0 Å². The quantitative estimate of drug-likeness (QED) is 0.189. The van der Waals surface area contributed by atoms with Crippen molar-refractivity contribution in [2.24, 2.45) is 0 Å². The van der Waals surface area contributed by atoms with Crippen LogP contribution in [0.3, 0.4) is 0 Å². The summed E-state index contributed by atoms with van der Waals surface area (Å²) in [6.07, 6.45) is 2.04. The zero-order valence-corrected chi connectivity index (χ0v) is 25.9. The summed E-state index contributed by atoms with van der Waals surface area (Å²) in [5.74, 6) is -0.511. The molecular formula is C32H32N2O8P2. The fraction of sp³-hybridized carbons (Fsp3) is 0.188. The van der Waals surface area contributed by atoms with Crippen LogP contribution in [0, 0.1) is 0 Å². The number of ether oxygens (including phenoxy) is 2. The van der Waals surface area contributed by atoms with Crippen LogP contribution in [-0.4, -0.2) is 71.7 Å². The summed E-state index contributed by atoms with van der Waals surface area (Å²) in [5.41, 5.74) is 1.99. The van der Waals surface area contributed by atoms with Crippen molar-refractivity contribution in [3.8, 4) is 23.0 Å². The van der Waals surface area contributed by atoms with E-state index in [4.69, 9.17) is 9.47 Å². The van der Waals surface area contributed by atoms with Gasteiger partial charge in [0.05, 0.1) is 25.3 Å². The molecule has 0 spiro atoms. The molecule has 1 aliphatic heterocycles. The Kier molecular flexibility index (Phi) is 9.43. The number of carboxylic acid groups (broad SMARTS) is 2. The minimum Gasteiger partial charge on any atom is -0.507 e. The van der Waals surface area contributed by atoms with Gasteiger partial charge >= 0.3 is 11.9 Å². The van der Waals surface area contributed by atoms with Crippen molar-refractivity contribution < 1.29 is 39.5 Å². The van der Waals surface area contributed by atoms with Crippen LogP contribution in [0.1, 0.15) is 20.7 Å². The predicted molar refractivity (Wildman–Crippen MR) is 174 cm³/mol. The molecule has 4 aromatic carbocycles. The highest BCUT2D eigenvalue weighted by Crippen LogP contribution is 2.50. The molecule has 0 aliphatic carbocycles. The average Bonchev–Trinajstić information content (AvgIpc) is 3.02. The maximum Gasteiger partial charge on any atom is 0.335 e. The Morgan fingerprint density at radius 2 is 0.932 bits per heavy atom. The first-order chi connectivity index (χ1) is 21.2. The fourth-order valence-corrected chi connectivity index (χ4v) is 10.3. The third-order valence-electron chi connectivity index (χ3n) is 7.37. The molecule has 4 N–H and O–H groups in total. The summed E-state index contributed by atoms with van der Waals surface area (Å²) in [6, 6.07) is 23.8. The summed E-state index contributed by atoms with van der Waals surface area (Å²) in [7, 11) is 0.919. The van der Waals surface area contributed by atoms with Crippen molar-refractivity contribution >= 4 is 49.8 Å². The van der Waals surface area contributed by atoms with Gasteiger partial charge in [0.25, 0.3) is 0 Å². The number of rotatable bonds is 8. The third-order valence-corrected chi connectivity index (χ3v) is 12.2. The van der Waals surface area contributed by atoms with Crippen molar-refractivity contribution in [3.05, 3.63) is 96.1 Å². The van der Waals surface area contributed by atoms with Crippen molar-refractivity contribution in [3.63, 3.8) is 0 Å². The monoisotopic (exact) mass is 634 g/mol. The van der Waals surface area contributed by atoms with E-state index in [0.29, 0.717) is 36.6 Å². The van der Waals surface area contributed by atoms with Gasteiger partial charge in [-0.15, -0.1) is 0 Å². The summed E-state index contributed by atoms with van der Waals surface area (Å²) in [4.78, 5) is 27.5. The van der Waals surface area contributed by atoms with Crippen LogP contribution in [0.15, 0.2) is 84.9 Å².